The quantitative estimate of drug-likeness (QED) is 0.598. The van der Waals surface area contributed by atoms with E-state index in [0.29, 0.717) is 11.2 Å². The SMILES string of the molecule is COC(=O)c1c2ccccc2n2cccnc12. The van der Waals surface area contributed by atoms with Crippen LogP contribution in [-0.2, 0) is 4.74 Å². The summed E-state index contributed by atoms with van der Waals surface area (Å²) < 4.78 is 6.71. The molecule has 0 amide bonds. The van der Waals surface area contributed by atoms with Gasteiger partial charge in [-0.25, -0.2) is 9.78 Å². The average Bonchev–Trinajstić information content (AvgIpc) is 2.72. The van der Waals surface area contributed by atoms with Crippen LogP contribution in [0.2, 0.25) is 0 Å². The maximum absolute atomic E-state index is 11.8. The third kappa shape index (κ3) is 1.30. The van der Waals surface area contributed by atoms with Crippen LogP contribution in [0.3, 0.4) is 0 Å². The van der Waals surface area contributed by atoms with E-state index in [1.807, 2.05) is 40.9 Å². The van der Waals surface area contributed by atoms with Crippen LogP contribution in [-0.4, -0.2) is 22.5 Å². The molecule has 4 heteroatoms. The minimum atomic E-state index is -0.359. The molecule has 17 heavy (non-hydrogen) atoms. The second kappa shape index (κ2) is 3.59. The fourth-order valence-electron chi connectivity index (χ4n) is 2.07. The van der Waals surface area contributed by atoms with Gasteiger partial charge >= 0.3 is 5.97 Å². The van der Waals surface area contributed by atoms with E-state index >= 15 is 0 Å². The number of methoxy groups -OCH3 is 1. The smallest absolute Gasteiger partial charge is 0.342 e. The summed E-state index contributed by atoms with van der Waals surface area (Å²) in [5, 5.41) is 0.859. The highest BCUT2D eigenvalue weighted by molar-refractivity contribution is 6.10. The lowest BCUT2D eigenvalue weighted by molar-refractivity contribution is 0.0605. The molecule has 0 aliphatic rings. The van der Waals surface area contributed by atoms with Gasteiger partial charge in [-0.1, -0.05) is 18.2 Å². The number of carbonyl (C=O) groups is 1. The second-order valence-electron chi connectivity index (χ2n) is 3.70. The van der Waals surface area contributed by atoms with Crippen molar-refractivity contribution >= 4 is 22.5 Å². The molecule has 0 radical (unpaired) electrons. The first kappa shape index (κ1) is 9.84. The number of nitrogens with zero attached hydrogens (tertiary/aromatic N) is 2. The molecule has 3 aromatic rings. The van der Waals surface area contributed by atoms with Crippen molar-refractivity contribution < 1.29 is 9.53 Å². The predicted molar refractivity (Wildman–Crippen MR) is 64.0 cm³/mol. The Bertz CT molecular complexity index is 662. The minimum absolute atomic E-state index is 0.359. The van der Waals surface area contributed by atoms with Crippen molar-refractivity contribution in [1.82, 2.24) is 9.38 Å². The third-order valence-corrected chi connectivity index (χ3v) is 2.79. The van der Waals surface area contributed by atoms with Gasteiger partial charge in [0.25, 0.3) is 0 Å². The molecule has 0 bridgehead atoms. The van der Waals surface area contributed by atoms with E-state index in [-0.39, 0.29) is 5.97 Å². The number of carbonyl (C=O) groups excluding carboxylic acids is 1. The molecule has 4 nitrogen and oxygen atoms in total. The standard InChI is InChI=1S/C13H10N2O2/c1-17-13(16)11-9-5-2-3-6-10(9)15-8-4-7-14-12(11)15/h2-8H,1H3. The maximum atomic E-state index is 11.8. The highest BCUT2D eigenvalue weighted by Gasteiger charge is 2.18. The van der Waals surface area contributed by atoms with Crippen LogP contribution in [0.5, 0.6) is 0 Å². The summed E-state index contributed by atoms with van der Waals surface area (Å²) in [6.07, 6.45) is 3.55. The van der Waals surface area contributed by atoms with E-state index in [0.717, 1.165) is 10.9 Å². The van der Waals surface area contributed by atoms with Gasteiger partial charge < -0.3 is 9.14 Å². The number of aromatic nitrogens is 2. The Kier molecular flexibility index (Phi) is 2.08. The Balaban J connectivity index is 2.54. The average molecular weight is 226 g/mol. The summed E-state index contributed by atoms with van der Waals surface area (Å²) in [5.74, 6) is -0.359. The van der Waals surface area contributed by atoms with Crippen LogP contribution in [0.4, 0.5) is 0 Å². The molecule has 0 aliphatic carbocycles. The number of ether oxygens (including phenoxy) is 1. The minimum Gasteiger partial charge on any atom is -0.465 e. The first-order chi connectivity index (χ1) is 8.33. The molecule has 0 saturated carbocycles. The molecule has 0 aliphatic heterocycles. The molecule has 1 aromatic carbocycles. The summed E-state index contributed by atoms with van der Waals surface area (Å²) in [6, 6.07) is 9.52. The Hall–Kier alpha value is -2.36. The second-order valence-corrected chi connectivity index (χ2v) is 3.70. The number of para-hydroxylation sites is 1. The van der Waals surface area contributed by atoms with Crippen molar-refractivity contribution in [3.05, 3.63) is 48.3 Å². The zero-order valence-electron chi connectivity index (χ0n) is 9.25. The number of hydrogen-bond acceptors (Lipinski definition) is 3. The normalized spacial score (nSPS) is 10.9. The first-order valence-corrected chi connectivity index (χ1v) is 5.25. The van der Waals surface area contributed by atoms with Gasteiger partial charge in [0.2, 0.25) is 0 Å². The number of rotatable bonds is 1. The first-order valence-electron chi connectivity index (χ1n) is 5.25. The fraction of sp³-hybridized carbons (Fsp3) is 0.0769. The summed E-state index contributed by atoms with van der Waals surface area (Å²) in [6.45, 7) is 0. The molecule has 0 N–H and O–H groups in total. The topological polar surface area (TPSA) is 43.6 Å². The lowest BCUT2D eigenvalue weighted by Crippen LogP contribution is -2.01. The van der Waals surface area contributed by atoms with Gasteiger partial charge in [0.15, 0.2) is 5.65 Å². The van der Waals surface area contributed by atoms with Crippen LogP contribution in [0.1, 0.15) is 10.4 Å². The zero-order valence-corrected chi connectivity index (χ0v) is 9.25. The van der Waals surface area contributed by atoms with Crippen LogP contribution >= 0.6 is 0 Å². The van der Waals surface area contributed by atoms with Gasteiger partial charge in [-0.2, -0.15) is 0 Å². The Morgan fingerprint density at radius 3 is 2.94 bits per heavy atom. The van der Waals surface area contributed by atoms with Crippen molar-refractivity contribution in [2.45, 2.75) is 0 Å². The van der Waals surface area contributed by atoms with Gasteiger partial charge in [0.05, 0.1) is 12.6 Å². The lowest BCUT2D eigenvalue weighted by atomic mass is 10.2. The van der Waals surface area contributed by atoms with Crippen molar-refractivity contribution in [1.29, 1.82) is 0 Å². The Labute approximate surface area is 97.5 Å². The van der Waals surface area contributed by atoms with E-state index in [1.165, 1.54) is 7.11 Å². The lowest BCUT2D eigenvalue weighted by Gasteiger charge is -1.97. The summed E-state index contributed by atoms with van der Waals surface area (Å²) in [5.41, 5.74) is 2.10. The van der Waals surface area contributed by atoms with Crippen LogP contribution in [0.25, 0.3) is 16.6 Å². The van der Waals surface area contributed by atoms with Crippen LogP contribution < -0.4 is 0 Å². The van der Waals surface area contributed by atoms with Gasteiger partial charge in [-0.05, 0) is 12.1 Å². The van der Waals surface area contributed by atoms with Crippen LogP contribution in [0.15, 0.2) is 42.7 Å². The molecule has 2 heterocycles. The largest absolute Gasteiger partial charge is 0.465 e. The van der Waals surface area contributed by atoms with Crippen LogP contribution in [0, 0.1) is 0 Å². The molecule has 0 spiro atoms. The molecule has 2 aromatic heterocycles. The zero-order chi connectivity index (χ0) is 11.8. The van der Waals surface area contributed by atoms with Gasteiger partial charge in [0, 0.05) is 17.8 Å². The van der Waals surface area contributed by atoms with Crippen molar-refractivity contribution in [2.75, 3.05) is 7.11 Å². The van der Waals surface area contributed by atoms with E-state index in [9.17, 15) is 4.79 Å². The van der Waals surface area contributed by atoms with E-state index in [4.69, 9.17) is 4.74 Å². The number of esters is 1. The van der Waals surface area contributed by atoms with Gasteiger partial charge in [-0.3, -0.25) is 0 Å². The molecule has 0 atom stereocenters. The number of hydrogen-bond donors (Lipinski definition) is 0. The summed E-state index contributed by atoms with van der Waals surface area (Å²) in [4.78, 5) is 16.1. The molecular weight excluding hydrogens is 216 g/mol. The highest BCUT2D eigenvalue weighted by atomic mass is 16.5. The van der Waals surface area contributed by atoms with Crippen molar-refractivity contribution in [2.24, 2.45) is 0 Å². The summed E-state index contributed by atoms with van der Waals surface area (Å²) >= 11 is 0. The number of benzene rings is 1. The van der Waals surface area contributed by atoms with Gasteiger partial charge in [0.1, 0.15) is 5.56 Å². The van der Waals surface area contributed by atoms with E-state index < -0.39 is 0 Å². The Morgan fingerprint density at radius 2 is 2.12 bits per heavy atom. The molecular formula is C13H10N2O2. The molecule has 3 rings (SSSR count). The molecule has 84 valence electrons. The highest BCUT2D eigenvalue weighted by Crippen LogP contribution is 2.25. The van der Waals surface area contributed by atoms with Gasteiger partial charge in [-0.15, -0.1) is 0 Å². The summed E-state index contributed by atoms with van der Waals surface area (Å²) in [7, 11) is 1.38. The van der Waals surface area contributed by atoms with Crippen molar-refractivity contribution in [3.8, 4) is 0 Å². The van der Waals surface area contributed by atoms with E-state index in [2.05, 4.69) is 4.98 Å². The number of fused-ring (bicyclic) bond motifs is 3. The fourth-order valence-corrected chi connectivity index (χ4v) is 2.07. The maximum Gasteiger partial charge on any atom is 0.342 e. The Morgan fingerprint density at radius 1 is 1.29 bits per heavy atom. The molecule has 0 fully saturated rings. The third-order valence-electron chi connectivity index (χ3n) is 2.79. The van der Waals surface area contributed by atoms with E-state index in [1.54, 1.807) is 6.20 Å². The monoisotopic (exact) mass is 226 g/mol. The molecule has 0 unspecified atom stereocenters. The molecule has 0 saturated heterocycles. The predicted octanol–water partition coefficient (Wildman–Crippen LogP) is 2.27. The van der Waals surface area contributed by atoms with Crippen molar-refractivity contribution in [3.63, 3.8) is 0 Å².